The number of carbonyl (C=O) groups is 1. The molecule has 0 unspecified atom stereocenters. The topological polar surface area (TPSA) is 83.5 Å². The van der Waals surface area contributed by atoms with E-state index < -0.39 is 16.0 Å². The molecule has 2 aliphatic rings. The van der Waals surface area contributed by atoms with Crippen LogP contribution in [0.2, 0.25) is 0 Å². The average Bonchev–Trinajstić information content (AvgIpc) is 2.85. The van der Waals surface area contributed by atoms with E-state index in [4.69, 9.17) is 5.11 Å². The van der Waals surface area contributed by atoms with Gasteiger partial charge in [-0.2, -0.15) is 0 Å². The van der Waals surface area contributed by atoms with Crippen LogP contribution >= 0.6 is 0 Å². The van der Waals surface area contributed by atoms with Crippen LogP contribution in [0.25, 0.3) is 0 Å². The first-order valence-electron chi connectivity index (χ1n) is 6.23. The molecule has 0 spiro atoms. The number of sulfonamides is 1. The van der Waals surface area contributed by atoms with Crippen LogP contribution in [0.4, 0.5) is 0 Å². The molecule has 0 aromatic rings. The molecular weight excluding hydrogens is 242 g/mol. The second-order valence-electron chi connectivity index (χ2n) is 5.11. The Morgan fingerprint density at radius 1 is 1.12 bits per heavy atom. The van der Waals surface area contributed by atoms with Crippen molar-refractivity contribution in [2.75, 3.05) is 0 Å². The Morgan fingerprint density at radius 3 is 2.29 bits per heavy atom. The minimum Gasteiger partial charge on any atom is -0.481 e. The summed E-state index contributed by atoms with van der Waals surface area (Å²) in [6.45, 7) is 0. The van der Waals surface area contributed by atoms with Gasteiger partial charge in [0, 0.05) is 6.04 Å². The SMILES string of the molecule is O=C(O)[C@@H]1CC[C@H](NS(=O)(=O)C2CCCC2)C1. The van der Waals surface area contributed by atoms with Crippen LogP contribution in [0.5, 0.6) is 0 Å². The summed E-state index contributed by atoms with van der Waals surface area (Å²) in [6.07, 6.45) is 5.09. The van der Waals surface area contributed by atoms with E-state index in [2.05, 4.69) is 4.72 Å². The van der Waals surface area contributed by atoms with Gasteiger partial charge in [0.2, 0.25) is 10.0 Å². The van der Waals surface area contributed by atoms with Crippen molar-refractivity contribution in [3.05, 3.63) is 0 Å². The molecule has 5 nitrogen and oxygen atoms in total. The fourth-order valence-electron chi connectivity index (χ4n) is 2.84. The molecule has 0 aromatic heterocycles. The standard InChI is InChI=1S/C11H19NO4S/c13-11(14)8-5-6-9(7-8)12-17(15,16)10-3-1-2-4-10/h8-10,12H,1-7H2,(H,13,14)/t8-,9+/m1/s1. The van der Waals surface area contributed by atoms with E-state index in [1.807, 2.05) is 0 Å². The first-order valence-corrected chi connectivity index (χ1v) is 7.77. The van der Waals surface area contributed by atoms with Crippen molar-refractivity contribution in [3.8, 4) is 0 Å². The predicted molar refractivity (Wildman–Crippen MR) is 63.1 cm³/mol. The summed E-state index contributed by atoms with van der Waals surface area (Å²) in [4.78, 5) is 10.8. The molecule has 17 heavy (non-hydrogen) atoms. The highest BCUT2D eigenvalue weighted by Gasteiger charge is 2.35. The fourth-order valence-corrected chi connectivity index (χ4v) is 4.67. The minimum atomic E-state index is -3.24. The Kier molecular flexibility index (Phi) is 3.73. The van der Waals surface area contributed by atoms with E-state index in [-0.39, 0.29) is 17.2 Å². The first kappa shape index (κ1) is 12.8. The second kappa shape index (κ2) is 4.94. The molecule has 2 rings (SSSR count). The average molecular weight is 261 g/mol. The van der Waals surface area contributed by atoms with Gasteiger partial charge in [-0.05, 0) is 32.1 Å². The lowest BCUT2D eigenvalue weighted by Gasteiger charge is -2.17. The highest BCUT2D eigenvalue weighted by Crippen LogP contribution is 2.29. The lowest BCUT2D eigenvalue weighted by atomic mass is 10.1. The number of nitrogens with one attached hydrogen (secondary N) is 1. The van der Waals surface area contributed by atoms with Crippen molar-refractivity contribution >= 4 is 16.0 Å². The molecule has 2 fully saturated rings. The third-order valence-corrected chi connectivity index (χ3v) is 5.86. The summed E-state index contributed by atoms with van der Waals surface area (Å²) in [5, 5.41) is 8.61. The maximum Gasteiger partial charge on any atom is 0.306 e. The smallest absolute Gasteiger partial charge is 0.306 e. The van der Waals surface area contributed by atoms with Crippen molar-refractivity contribution in [3.63, 3.8) is 0 Å². The third-order valence-electron chi connectivity index (χ3n) is 3.85. The van der Waals surface area contributed by atoms with Gasteiger partial charge in [-0.25, -0.2) is 13.1 Å². The van der Waals surface area contributed by atoms with Crippen LogP contribution < -0.4 is 4.72 Å². The van der Waals surface area contributed by atoms with E-state index >= 15 is 0 Å². The first-order chi connectivity index (χ1) is 7.99. The molecular formula is C11H19NO4S. The second-order valence-corrected chi connectivity index (χ2v) is 7.11. The predicted octanol–water partition coefficient (Wildman–Crippen LogP) is 1.10. The summed E-state index contributed by atoms with van der Waals surface area (Å²) in [6, 6.07) is -0.179. The molecule has 2 atom stereocenters. The number of carboxylic acid groups (broad SMARTS) is 1. The molecule has 98 valence electrons. The maximum absolute atomic E-state index is 12.0. The van der Waals surface area contributed by atoms with E-state index in [1.54, 1.807) is 0 Å². The fraction of sp³-hybridized carbons (Fsp3) is 0.909. The van der Waals surface area contributed by atoms with Gasteiger partial charge in [0.1, 0.15) is 0 Å². The number of hydrogen-bond donors (Lipinski definition) is 2. The van der Waals surface area contributed by atoms with Gasteiger partial charge in [-0.1, -0.05) is 12.8 Å². The Balaban J connectivity index is 1.91. The number of carboxylic acids is 1. The van der Waals surface area contributed by atoms with E-state index in [0.29, 0.717) is 19.3 Å². The van der Waals surface area contributed by atoms with Gasteiger partial charge < -0.3 is 5.11 Å². The van der Waals surface area contributed by atoms with Crippen LogP contribution in [-0.2, 0) is 14.8 Å². The zero-order valence-corrected chi connectivity index (χ0v) is 10.6. The van der Waals surface area contributed by atoms with Gasteiger partial charge in [0.05, 0.1) is 11.2 Å². The van der Waals surface area contributed by atoms with Crippen LogP contribution in [0, 0.1) is 5.92 Å². The van der Waals surface area contributed by atoms with Crippen LogP contribution in [0.3, 0.4) is 0 Å². The summed E-state index contributed by atoms with van der Waals surface area (Å²) in [5.74, 6) is -1.20. The van der Waals surface area contributed by atoms with Crippen LogP contribution in [0.15, 0.2) is 0 Å². The summed E-state index contributed by atoms with van der Waals surface area (Å²) in [5.41, 5.74) is 0. The molecule has 0 saturated heterocycles. The molecule has 0 aromatic carbocycles. The minimum absolute atomic E-state index is 0.179. The maximum atomic E-state index is 12.0. The lowest BCUT2D eigenvalue weighted by Crippen LogP contribution is -2.39. The van der Waals surface area contributed by atoms with Crippen molar-refractivity contribution < 1.29 is 18.3 Å². The molecule has 2 aliphatic carbocycles. The zero-order chi connectivity index (χ0) is 12.5. The molecule has 6 heteroatoms. The van der Waals surface area contributed by atoms with Crippen molar-refractivity contribution in [1.82, 2.24) is 4.72 Å². The van der Waals surface area contributed by atoms with E-state index in [9.17, 15) is 13.2 Å². The monoisotopic (exact) mass is 261 g/mol. The molecule has 0 bridgehead atoms. The van der Waals surface area contributed by atoms with Gasteiger partial charge in [-0.15, -0.1) is 0 Å². The van der Waals surface area contributed by atoms with E-state index in [1.165, 1.54) is 0 Å². The van der Waals surface area contributed by atoms with Gasteiger partial charge in [0.25, 0.3) is 0 Å². The summed E-state index contributed by atoms with van der Waals surface area (Å²) < 4.78 is 26.7. The van der Waals surface area contributed by atoms with Crippen molar-refractivity contribution in [1.29, 1.82) is 0 Å². The van der Waals surface area contributed by atoms with Gasteiger partial charge in [0.15, 0.2) is 0 Å². The van der Waals surface area contributed by atoms with E-state index in [0.717, 1.165) is 25.7 Å². The number of hydrogen-bond acceptors (Lipinski definition) is 3. The Labute approximate surface area is 102 Å². The lowest BCUT2D eigenvalue weighted by molar-refractivity contribution is -0.141. The highest BCUT2D eigenvalue weighted by atomic mass is 32.2. The molecule has 0 aliphatic heterocycles. The normalized spacial score (nSPS) is 30.8. The largest absolute Gasteiger partial charge is 0.481 e. The van der Waals surface area contributed by atoms with Gasteiger partial charge >= 0.3 is 5.97 Å². The highest BCUT2D eigenvalue weighted by molar-refractivity contribution is 7.90. The third kappa shape index (κ3) is 2.98. The molecule has 2 saturated carbocycles. The quantitative estimate of drug-likeness (QED) is 0.794. The van der Waals surface area contributed by atoms with Crippen molar-refractivity contribution in [2.24, 2.45) is 5.92 Å². The van der Waals surface area contributed by atoms with Crippen LogP contribution in [0.1, 0.15) is 44.9 Å². The Morgan fingerprint density at radius 2 is 1.76 bits per heavy atom. The molecule has 0 radical (unpaired) electrons. The molecule has 0 heterocycles. The van der Waals surface area contributed by atoms with Crippen molar-refractivity contribution in [2.45, 2.75) is 56.2 Å². The summed E-state index contributed by atoms with van der Waals surface area (Å²) in [7, 11) is -3.24. The van der Waals surface area contributed by atoms with Crippen LogP contribution in [-0.4, -0.2) is 30.8 Å². The zero-order valence-electron chi connectivity index (χ0n) is 9.76. The van der Waals surface area contributed by atoms with Gasteiger partial charge in [-0.3, -0.25) is 4.79 Å². The Hall–Kier alpha value is -0.620. The Bertz CT molecular complexity index is 386. The number of aliphatic carboxylic acids is 1. The number of rotatable bonds is 4. The summed E-state index contributed by atoms with van der Waals surface area (Å²) >= 11 is 0. The molecule has 0 amide bonds. The molecule has 2 N–H and O–H groups in total.